The number of hydrogen-bond acceptors (Lipinski definition) is 3. The number of carbonyl (C=O) groups is 2. The van der Waals surface area contributed by atoms with Gasteiger partial charge in [0.05, 0.1) is 11.5 Å². The molecular weight excluding hydrogens is 244 g/mol. The second-order valence-electron chi connectivity index (χ2n) is 5.62. The molecule has 0 spiro atoms. The SMILES string of the molecule is C=CCC(N)C(=O)NCC1(C(=O)O)CCC(C)CC1. The summed E-state index contributed by atoms with van der Waals surface area (Å²) in [6.07, 6.45) is 4.98. The molecule has 5 heteroatoms. The Balaban J connectivity index is 2.58. The molecule has 1 unspecified atom stereocenters. The van der Waals surface area contributed by atoms with Crippen LogP contribution in [0.2, 0.25) is 0 Å². The first-order valence-electron chi connectivity index (χ1n) is 6.79. The third-order valence-electron chi connectivity index (χ3n) is 4.04. The molecule has 0 aromatic carbocycles. The van der Waals surface area contributed by atoms with Gasteiger partial charge < -0.3 is 16.2 Å². The molecule has 1 rings (SSSR count). The van der Waals surface area contributed by atoms with Crippen molar-refractivity contribution in [3.8, 4) is 0 Å². The summed E-state index contributed by atoms with van der Waals surface area (Å²) < 4.78 is 0. The van der Waals surface area contributed by atoms with Crippen molar-refractivity contribution in [2.24, 2.45) is 17.1 Å². The average Bonchev–Trinajstić information content (AvgIpc) is 2.38. The van der Waals surface area contributed by atoms with Crippen molar-refractivity contribution in [2.45, 2.75) is 45.1 Å². The summed E-state index contributed by atoms with van der Waals surface area (Å²) in [5, 5.41) is 12.1. The Morgan fingerprint density at radius 3 is 2.58 bits per heavy atom. The van der Waals surface area contributed by atoms with Gasteiger partial charge in [-0.3, -0.25) is 9.59 Å². The molecule has 0 radical (unpaired) electrons. The lowest BCUT2D eigenvalue weighted by Crippen LogP contribution is -2.49. The van der Waals surface area contributed by atoms with Gasteiger partial charge >= 0.3 is 5.97 Å². The highest BCUT2D eigenvalue weighted by Crippen LogP contribution is 2.38. The van der Waals surface area contributed by atoms with Gasteiger partial charge in [-0.15, -0.1) is 6.58 Å². The zero-order valence-corrected chi connectivity index (χ0v) is 11.5. The first-order chi connectivity index (χ1) is 8.91. The van der Waals surface area contributed by atoms with E-state index in [0.717, 1.165) is 12.8 Å². The average molecular weight is 268 g/mol. The smallest absolute Gasteiger partial charge is 0.311 e. The number of carbonyl (C=O) groups excluding carboxylic acids is 1. The first kappa shape index (κ1) is 15.7. The molecule has 0 aromatic rings. The third-order valence-corrected chi connectivity index (χ3v) is 4.04. The van der Waals surface area contributed by atoms with E-state index in [2.05, 4.69) is 18.8 Å². The number of carboxylic acids is 1. The summed E-state index contributed by atoms with van der Waals surface area (Å²) in [5.41, 5.74) is 4.83. The molecular formula is C14H24N2O3. The van der Waals surface area contributed by atoms with Crippen LogP contribution in [0.3, 0.4) is 0 Å². The second kappa shape index (κ2) is 6.70. The van der Waals surface area contributed by atoms with Gasteiger partial charge in [0.15, 0.2) is 0 Å². The molecule has 1 saturated carbocycles. The summed E-state index contributed by atoms with van der Waals surface area (Å²) in [4.78, 5) is 23.2. The minimum atomic E-state index is -0.823. The Hall–Kier alpha value is -1.36. The predicted molar refractivity (Wildman–Crippen MR) is 73.5 cm³/mol. The van der Waals surface area contributed by atoms with Crippen molar-refractivity contribution in [2.75, 3.05) is 6.54 Å². The second-order valence-corrected chi connectivity index (χ2v) is 5.62. The maximum atomic E-state index is 11.7. The van der Waals surface area contributed by atoms with E-state index in [-0.39, 0.29) is 12.5 Å². The molecule has 4 N–H and O–H groups in total. The number of nitrogens with two attached hydrogens (primary N) is 1. The van der Waals surface area contributed by atoms with Gasteiger partial charge in [0.1, 0.15) is 0 Å². The van der Waals surface area contributed by atoms with Gasteiger partial charge in [-0.05, 0) is 38.0 Å². The van der Waals surface area contributed by atoms with E-state index in [4.69, 9.17) is 5.73 Å². The van der Waals surface area contributed by atoms with Crippen LogP contribution >= 0.6 is 0 Å². The van der Waals surface area contributed by atoms with Gasteiger partial charge in [0.25, 0.3) is 0 Å². The zero-order valence-electron chi connectivity index (χ0n) is 11.5. The van der Waals surface area contributed by atoms with Crippen LogP contribution in [0.4, 0.5) is 0 Å². The van der Waals surface area contributed by atoms with Crippen molar-refractivity contribution in [1.82, 2.24) is 5.32 Å². The van der Waals surface area contributed by atoms with Crippen LogP contribution in [0.15, 0.2) is 12.7 Å². The number of aliphatic carboxylic acids is 1. The molecule has 0 bridgehead atoms. The van der Waals surface area contributed by atoms with Crippen molar-refractivity contribution < 1.29 is 14.7 Å². The van der Waals surface area contributed by atoms with Crippen LogP contribution in [0.1, 0.15) is 39.0 Å². The number of amides is 1. The largest absolute Gasteiger partial charge is 0.481 e. The lowest BCUT2D eigenvalue weighted by molar-refractivity contribution is -0.151. The number of rotatable bonds is 6. The summed E-state index contributed by atoms with van der Waals surface area (Å²) in [7, 11) is 0. The molecule has 19 heavy (non-hydrogen) atoms. The molecule has 0 aliphatic heterocycles. The fourth-order valence-electron chi connectivity index (χ4n) is 2.45. The Morgan fingerprint density at radius 1 is 1.53 bits per heavy atom. The van der Waals surface area contributed by atoms with E-state index in [1.807, 2.05) is 0 Å². The van der Waals surface area contributed by atoms with Gasteiger partial charge in [-0.1, -0.05) is 13.0 Å². The summed E-state index contributed by atoms with van der Waals surface area (Å²) in [5.74, 6) is -0.567. The van der Waals surface area contributed by atoms with Crippen LogP contribution in [0, 0.1) is 11.3 Å². The highest BCUT2D eigenvalue weighted by Gasteiger charge is 2.41. The third kappa shape index (κ3) is 4.06. The van der Waals surface area contributed by atoms with Crippen LogP contribution < -0.4 is 11.1 Å². The molecule has 0 heterocycles. The maximum Gasteiger partial charge on any atom is 0.311 e. The molecule has 5 nitrogen and oxygen atoms in total. The van der Waals surface area contributed by atoms with E-state index >= 15 is 0 Å². The molecule has 1 amide bonds. The first-order valence-corrected chi connectivity index (χ1v) is 6.79. The van der Waals surface area contributed by atoms with Gasteiger partial charge in [0.2, 0.25) is 5.91 Å². The number of carboxylic acid groups (broad SMARTS) is 1. The highest BCUT2D eigenvalue weighted by molar-refractivity contribution is 5.83. The van der Waals surface area contributed by atoms with Crippen LogP contribution in [0.25, 0.3) is 0 Å². The normalized spacial score (nSPS) is 28.4. The molecule has 0 saturated heterocycles. The van der Waals surface area contributed by atoms with E-state index in [9.17, 15) is 14.7 Å². The Bertz CT molecular complexity index is 347. The lowest BCUT2D eigenvalue weighted by atomic mass is 9.71. The van der Waals surface area contributed by atoms with E-state index < -0.39 is 17.4 Å². The van der Waals surface area contributed by atoms with Crippen LogP contribution in [0.5, 0.6) is 0 Å². The maximum absolute atomic E-state index is 11.7. The van der Waals surface area contributed by atoms with Gasteiger partial charge in [0, 0.05) is 6.54 Å². The number of nitrogens with one attached hydrogen (secondary N) is 1. The quantitative estimate of drug-likeness (QED) is 0.633. The van der Waals surface area contributed by atoms with Crippen LogP contribution in [-0.2, 0) is 9.59 Å². The highest BCUT2D eigenvalue weighted by atomic mass is 16.4. The van der Waals surface area contributed by atoms with Crippen LogP contribution in [-0.4, -0.2) is 29.6 Å². The van der Waals surface area contributed by atoms with Crippen molar-refractivity contribution >= 4 is 11.9 Å². The summed E-state index contributed by atoms with van der Waals surface area (Å²) in [6, 6.07) is -0.647. The lowest BCUT2D eigenvalue weighted by Gasteiger charge is -2.36. The van der Waals surface area contributed by atoms with Gasteiger partial charge in [-0.2, -0.15) is 0 Å². The van der Waals surface area contributed by atoms with Crippen molar-refractivity contribution in [1.29, 1.82) is 0 Å². The standard InChI is InChI=1S/C14H24N2O3/c1-3-4-11(15)12(17)16-9-14(13(18)19)7-5-10(2)6-8-14/h3,10-11H,1,4-9,15H2,2H3,(H,16,17)(H,18,19). The Labute approximate surface area is 114 Å². The fourth-order valence-corrected chi connectivity index (χ4v) is 2.45. The van der Waals surface area contributed by atoms with E-state index in [1.165, 1.54) is 0 Å². The molecule has 1 fully saturated rings. The topological polar surface area (TPSA) is 92.4 Å². The molecule has 1 aliphatic carbocycles. The Kier molecular flexibility index (Phi) is 5.54. The van der Waals surface area contributed by atoms with Crippen molar-refractivity contribution in [3.63, 3.8) is 0 Å². The number of hydrogen-bond donors (Lipinski definition) is 3. The zero-order chi connectivity index (χ0) is 14.5. The Morgan fingerprint density at radius 2 is 2.11 bits per heavy atom. The summed E-state index contributed by atoms with van der Waals surface area (Å²) >= 11 is 0. The van der Waals surface area contributed by atoms with E-state index in [1.54, 1.807) is 6.08 Å². The molecule has 1 aliphatic rings. The minimum absolute atomic E-state index is 0.165. The molecule has 0 aromatic heterocycles. The van der Waals surface area contributed by atoms with E-state index in [0.29, 0.717) is 25.2 Å². The van der Waals surface area contributed by atoms with Gasteiger partial charge in [-0.25, -0.2) is 0 Å². The minimum Gasteiger partial charge on any atom is -0.481 e. The summed E-state index contributed by atoms with van der Waals surface area (Å²) in [6.45, 7) is 5.82. The monoisotopic (exact) mass is 268 g/mol. The predicted octanol–water partition coefficient (Wildman–Crippen LogP) is 1.29. The fraction of sp³-hybridized carbons (Fsp3) is 0.714. The van der Waals surface area contributed by atoms with Crippen molar-refractivity contribution in [3.05, 3.63) is 12.7 Å². The molecule has 108 valence electrons. The molecule has 1 atom stereocenters.